The van der Waals surface area contributed by atoms with E-state index in [9.17, 15) is 5.11 Å². The Labute approximate surface area is 119 Å². The summed E-state index contributed by atoms with van der Waals surface area (Å²) in [5.74, 6) is 1.07. The predicted molar refractivity (Wildman–Crippen MR) is 77.2 cm³/mol. The first-order valence-electron chi connectivity index (χ1n) is 6.50. The van der Waals surface area contributed by atoms with Gasteiger partial charge in [-0.1, -0.05) is 25.4 Å². The van der Waals surface area contributed by atoms with E-state index in [4.69, 9.17) is 21.1 Å². The Morgan fingerprint density at radius 1 is 1.37 bits per heavy atom. The molecule has 0 amide bonds. The molecule has 1 atom stereocenters. The quantitative estimate of drug-likeness (QED) is 0.772. The second-order valence-corrected chi connectivity index (χ2v) is 4.67. The van der Waals surface area contributed by atoms with Crippen LogP contribution in [0.2, 0.25) is 5.02 Å². The van der Waals surface area contributed by atoms with Crippen molar-refractivity contribution in [1.29, 1.82) is 0 Å². The van der Waals surface area contributed by atoms with Crippen molar-refractivity contribution in [3.05, 3.63) is 22.7 Å². The number of hydrogen-bond donors (Lipinski definition) is 2. The molecule has 0 aliphatic rings. The van der Waals surface area contributed by atoms with Crippen LogP contribution in [-0.4, -0.2) is 31.5 Å². The van der Waals surface area contributed by atoms with E-state index >= 15 is 0 Å². The van der Waals surface area contributed by atoms with E-state index in [0.29, 0.717) is 22.9 Å². The summed E-state index contributed by atoms with van der Waals surface area (Å²) in [5.41, 5.74) is 1.03. The summed E-state index contributed by atoms with van der Waals surface area (Å²) in [6, 6.07) is 3.74. The summed E-state index contributed by atoms with van der Waals surface area (Å²) in [4.78, 5) is 0. The Bertz CT molecular complexity index is 399. The molecule has 0 saturated carbocycles. The highest BCUT2D eigenvalue weighted by atomic mass is 35.5. The maximum absolute atomic E-state index is 9.53. The van der Waals surface area contributed by atoms with Crippen LogP contribution >= 0.6 is 11.6 Å². The second kappa shape index (κ2) is 8.25. The van der Waals surface area contributed by atoms with E-state index in [0.717, 1.165) is 18.7 Å². The Kier molecular flexibility index (Phi) is 6.99. The van der Waals surface area contributed by atoms with Crippen molar-refractivity contribution in [2.24, 2.45) is 0 Å². The first kappa shape index (κ1) is 16.1. The Morgan fingerprint density at radius 2 is 2.11 bits per heavy atom. The smallest absolute Gasteiger partial charge is 0.179 e. The van der Waals surface area contributed by atoms with Gasteiger partial charge in [-0.3, -0.25) is 0 Å². The average Bonchev–Trinajstić information content (AvgIpc) is 2.42. The normalized spacial score (nSPS) is 12.3. The fourth-order valence-corrected chi connectivity index (χ4v) is 1.87. The summed E-state index contributed by atoms with van der Waals surface area (Å²) in [6.07, 6.45) is 0.139. The maximum Gasteiger partial charge on any atom is 0.179 e. The number of nitrogens with one attached hydrogen (secondary N) is 1. The molecule has 1 aromatic rings. The molecule has 0 spiro atoms. The minimum absolute atomic E-state index is 0.207. The summed E-state index contributed by atoms with van der Waals surface area (Å²) < 4.78 is 10.8. The first-order chi connectivity index (χ1) is 9.12. The van der Waals surface area contributed by atoms with E-state index in [1.54, 1.807) is 7.11 Å². The lowest BCUT2D eigenvalue weighted by Gasteiger charge is -2.16. The van der Waals surface area contributed by atoms with Crippen molar-refractivity contribution in [2.45, 2.75) is 32.9 Å². The monoisotopic (exact) mass is 287 g/mol. The molecule has 0 bridgehead atoms. The van der Waals surface area contributed by atoms with Gasteiger partial charge in [0.05, 0.1) is 18.2 Å². The highest BCUT2D eigenvalue weighted by Gasteiger charge is 2.13. The van der Waals surface area contributed by atoms with Crippen LogP contribution in [0.1, 0.15) is 25.8 Å². The molecule has 0 aliphatic carbocycles. The molecule has 108 valence electrons. The topological polar surface area (TPSA) is 50.7 Å². The predicted octanol–water partition coefficient (Wildman–Crippen LogP) is 2.61. The largest absolute Gasteiger partial charge is 0.493 e. The lowest BCUT2D eigenvalue weighted by Crippen LogP contribution is -2.17. The third-order valence-electron chi connectivity index (χ3n) is 2.76. The molecule has 0 saturated heterocycles. The zero-order valence-electron chi connectivity index (χ0n) is 11.7. The van der Waals surface area contributed by atoms with Crippen LogP contribution in [-0.2, 0) is 6.54 Å². The molecule has 5 heteroatoms. The van der Waals surface area contributed by atoms with Gasteiger partial charge in [0, 0.05) is 6.54 Å². The molecular weight excluding hydrogens is 266 g/mol. The van der Waals surface area contributed by atoms with Crippen molar-refractivity contribution < 1.29 is 14.6 Å². The zero-order valence-corrected chi connectivity index (χ0v) is 12.5. The molecule has 4 nitrogen and oxygen atoms in total. The van der Waals surface area contributed by atoms with Gasteiger partial charge in [-0.2, -0.15) is 0 Å². The molecule has 1 unspecified atom stereocenters. The molecule has 0 radical (unpaired) electrons. The highest BCUT2D eigenvalue weighted by Crippen LogP contribution is 2.36. The van der Waals surface area contributed by atoms with Gasteiger partial charge in [-0.25, -0.2) is 0 Å². The summed E-state index contributed by atoms with van der Waals surface area (Å²) in [7, 11) is 1.58. The van der Waals surface area contributed by atoms with E-state index < -0.39 is 6.10 Å². The molecule has 0 heterocycles. The van der Waals surface area contributed by atoms with E-state index in [-0.39, 0.29) is 6.61 Å². The minimum Gasteiger partial charge on any atom is -0.493 e. The molecule has 0 aromatic heterocycles. The summed E-state index contributed by atoms with van der Waals surface area (Å²) in [6.45, 7) is 5.76. The fraction of sp³-hybridized carbons (Fsp3) is 0.571. The van der Waals surface area contributed by atoms with Gasteiger partial charge in [-0.15, -0.1) is 0 Å². The van der Waals surface area contributed by atoms with Gasteiger partial charge < -0.3 is 19.9 Å². The molecule has 1 rings (SSSR count). The van der Waals surface area contributed by atoms with Gasteiger partial charge in [-0.05, 0) is 30.7 Å². The number of ether oxygens (including phenoxy) is 2. The number of halogens is 1. The van der Waals surface area contributed by atoms with E-state index in [2.05, 4.69) is 5.32 Å². The number of hydrogen-bond acceptors (Lipinski definition) is 4. The number of methoxy groups -OCH3 is 1. The van der Waals surface area contributed by atoms with Crippen molar-refractivity contribution in [3.8, 4) is 11.5 Å². The lowest BCUT2D eigenvalue weighted by molar-refractivity contribution is 0.103. The summed E-state index contributed by atoms with van der Waals surface area (Å²) in [5, 5.41) is 13.2. The second-order valence-electron chi connectivity index (χ2n) is 4.26. The van der Waals surface area contributed by atoms with Crippen molar-refractivity contribution in [1.82, 2.24) is 5.32 Å². The molecular formula is C14H22ClNO3. The van der Waals surface area contributed by atoms with Gasteiger partial charge in [0.15, 0.2) is 11.5 Å². The third kappa shape index (κ3) is 4.90. The summed E-state index contributed by atoms with van der Waals surface area (Å²) >= 11 is 6.20. The minimum atomic E-state index is -0.498. The zero-order chi connectivity index (χ0) is 14.3. The van der Waals surface area contributed by atoms with Crippen molar-refractivity contribution in [2.75, 3.05) is 20.3 Å². The Morgan fingerprint density at radius 3 is 2.68 bits per heavy atom. The van der Waals surface area contributed by atoms with Crippen LogP contribution < -0.4 is 14.8 Å². The van der Waals surface area contributed by atoms with Gasteiger partial charge in [0.25, 0.3) is 0 Å². The van der Waals surface area contributed by atoms with E-state index in [1.165, 1.54) is 0 Å². The number of aliphatic hydroxyl groups excluding tert-OH is 1. The van der Waals surface area contributed by atoms with Gasteiger partial charge >= 0.3 is 0 Å². The molecule has 0 aliphatic heterocycles. The van der Waals surface area contributed by atoms with Crippen LogP contribution in [0, 0.1) is 0 Å². The molecule has 1 aromatic carbocycles. The van der Waals surface area contributed by atoms with E-state index in [1.807, 2.05) is 26.0 Å². The molecule has 19 heavy (non-hydrogen) atoms. The lowest BCUT2D eigenvalue weighted by atomic mass is 10.2. The van der Waals surface area contributed by atoms with Crippen LogP contribution in [0.5, 0.6) is 11.5 Å². The third-order valence-corrected chi connectivity index (χ3v) is 3.04. The van der Waals surface area contributed by atoms with Crippen LogP contribution in [0.15, 0.2) is 12.1 Å². The first-order valence-corrected chi connectivity index (χ1v) is 6.88. The Balaban J connectivity index is 2.85. The molecule has 2 N–H and O–H groups in total. The number of benzene rings is 1. The van der Waals surface area contributed by atoms with Crippen LogP contribution in [0.25, 0.3) is 0 Å². The molecule has 0 fully saturated rings. The van der Waals surface area contributed by atoms with Crippen molar-refractivity contribution in [3.63, 3.8) is 0 Å². The van der Waals surface area contributed by atoms with Gasteiger partial charge in [0.1, 0.15) is 6.61 Å². The van der Waals surface area contributed by atoms with Gasteiger partial charge in [0.2, 0.25) is 0 Å². The van der Waals surface area contributed by atoms with Crippen molar-refractivity contribution >= 4 is 11.6 Å². The highest BCUT2D eigenvalue weighted by molar-refractivity contribution is 6.32. The van der Waals surface area contributed by atoms with Crippen LogP contribution in [0.3, 0.4) is 0 Å². The Hall–Kier alpha value is -0.970. The van der Waals surface area contributed by atoms with Crippen LogP contribution in [0.4, 0.5) is 0 Å². The number of rotatable bonds is 8. The number of aliphatic hydroxyl groups is 1. The standard InChI is InChI=1S/C14H22ClNO3/c1-4-11(17)9-19-14-12(15)6-10(8-16-5-2)7-13(14)18-3/h6-7,11,16-17H,4-5,8-9H2,1-3H3. The fourth-order valence-electron chi connectivity index (χ4n) is 1.58. The maximum atomic E-state index is 9.53. The SMILES string of the molecule is CCNCc1cc(Cl)c(OCC(O)CC)c(OC)c1. The average molecular weight is 288 g/mol.